The fourth-order valence-electron chi connectivity index (χ4n) is 0.201. The molecule has 0 fully saturated rings. The zero-order chi connectivity index (χ0) is 5.54. The average Bonchev–Trinajstić information content (AvgIpc) is 1.69. The molecule has 7 heavy (non-hydrogen) atoms. The third-order valence-corrected chi connectivity index (χ3v) is 2.09. The Labute approximate surface area is 50.3 Å². The molecule has 0 atom stereocenters. The van der Waals surface area contributed by atoms with Gasteiger partial charge in [0.15, 0.2) is 0 Å². The maximum absolute atomic E-state index is 4.79. The predicted octanol–water partition coefficient (Wildman–Crippen LogP) is -0.102. The number of hydrogen-bond donors (Lipinski definition) is 0. The molecular weight excluding hydrogens is 159 g/mol. The van der Waals surface area contributed by atoms with Gasteiger partial charge in [-0.15, -0.1) is 0 Å². The van der Waals surface area contributed by atoms with Crippen molar-refractivity contribution in [1.82, 2.24) is 0 Å². The van der Waals surface area contributed by atoms with E-state index in [4.69, 9.17) is 9.47 Å². The van der Waals surface area contributed by atoms with Crippen molar-refractivity contribution in [2.45, 2.75) is 0 Å². The summed E-state index contributed by atoms with van der Waals surface area (Å²) >= 11 is 0.531. The first-order chi connectivity index (χ1) is 3.41. The average molecular weight is 169 g/mol. The van der Waals surface area contributed by atoms with Crippen LogP contribution < -0.4 is 0 Å². The van der Waals surface area contributed by atoms with Crippen LogP contribution in [0.15, 0.2) is 0 Å². The molecule has 0 aliphatic carbocycles. The van der Waals surface area contributed by atoms with Gasteiger partial charge in [-0.1, -0.05) is 0 Å². The normalized spacial score (nSPS) is 9.43. The molecule has 3 heteroatoms. The van der Waals surface area contributed by atoms with E-state index in [1.807, 2.05) is 0 Å². The molecule has 44 valence electrons. The molecule has 0 aromatic rings. The fraction of sp³-hybridized carbons (Fsp3) is 1.00. The molecule has 0 N–H and O–H groups in total. The van der Waals surface area contributed by atoms with Crippen LogP contribution in [0.25, 0.3) is 0 Å². The molecule has 0 saturated carbocycles. The van der Waals surface area contributed by atoms with Crippen LogP contribution in [-0.4, -0.2) is 40.2 Å². The summed E-state index contributed by atoms with van der Waals surface area (Å²) in [5.41, 5.74) is 1.72. The minimum atomic E-state index is 0.531. The topological polar surface area (TPSA) is 18.5 Å². The molecule has 0 aliphatic heterocycles. The van der Waals surface area contributed by atoms with Crippen LogP contribution in [0.1, 0.15) is 0 Å². The van der Waals surface area contributed by atoms with Crippen LogP contribution >= 0.6 is 0 Å². The standard InChI is InChI=1S/C4H10O2Se/c1-5-3-7-4-6-2/h3-4H2,1-2H3. The van der Waals surface area contributed by atoms with E-state index < -0.39 is 0 Å². The quantitative estimate of drug-likeness (QED) is 0.432. The number of rotatable bonds is 4. The number of hydrogen-bond acceptors (Lipinski definition) is 2. The Bertz CT molecular complexity index is 28.9. The molecule has 0 spiro atoms. The molecule has 0 aromatic carbocycles. The van der Waals surface area contributed by atoms with Crippen LogP contribution in [-0.2, 0) is 9.47 Å². The molecule has 0 amide bonds. The van der Waals surface area contributed by atoms with Crippen LogP contribution in [0.3, 0.4) is 0 Å². The molecule has 0 radical (unpaired) electrons. The Morgan fingerprint density at radius 3 is 1.86 bits per heavy atom. The fourth-order valence-corrected chi connectivity index (χ4v) is 1.04. The molecule has 0 rings (SSSR count). The maximum atomic E-state index is 4.79. The van der Waals surface area contributed by atoms with Crippen molar-refractivity contribution in [3.8, 4) is 0 Å². The first-order valence-electron chi connectivity index (χ1n) is 1.97. The first-order valence-corrected chi connectivity index (χ1v) is 4.39. The molecule has 0 aromatic heterocycles. The summed E-state index contributed by atoms with van der Waals surface area (Å²) < 4.78 is 9.58. The van der Waals surface area contributed by atoms with E-state index in [0.717, 1.165) is 11.0 Å². The van der Waals surface area contributed by atoms with Gasteiger partial charge >= 0.3 is 49.7 Å². The van der Waals surface area contributed by atoms with Crippen molar-refractivity contribution >= 4 is 15.0 Å². The summed E-state index contributed by atoms with van der Waals surface area (Å²) in [6, 6.07) is 0. The Balaban J connectivity index is 2.45. The molecular formula is C4H10O2Se. The molecule has 0 saturated heterocycles. The van der Waals surface area contributed by atoms with E-state index in [0.29, 0.717) is 15.0 Å². The minimum absolute atomic E-state index is 0.531. The van der Waals surface area contributed by atoms with Crippen molar-refractivity contribution in [3.63, 3.8) is 0 Å². The van der Waals surface area contributed by atoms with Crippen LogP contribution in [0, 0.1) is 0 Å². The number of ether oxygens (including phenoxy) is 2. The predicted molar refractivity (Wildman–Crippen MR) is 29.5 cm³/mol. The zero-order valence-electron chi connectivity index (χ0n) is 4.64. The van der Waals surface area contributed by atoms with Gasteiger partial charge < -0.3 is 0 Å². The van der Waals surface area contributed by atoms with Crippen molar-refractivity contribution in [2.24, 2.45) is 0 Å². The third-order valence-electron chi connectivity index (χ3n) is 0.402. The third kappa shape index (κ3) is 6.44. The second kappa shape index (κ2) is 6.44. The van der Waals surface area contributed by atoms with E-state index in [1.165, 1.54) is 0 Å². The number of methoxy groups -OCH3 is 2. The van der Waals surface area contributed by atoms with E-state index in [-0.39, 0.29) is 0 Å². The Kier molecular flexibility index (Phi) is 6.84. The van der Waals surface area contributed by atoms with Gasteiger partial charge in [0.1, 0.15) is 0 Å². The molecule has 0 heterocycles. The van der Waals surface area contributed by atoms with Crippen molar-refractivity contribution in [3.05, 3.63) is 0 Å². The van der Waals surface area contributed by atoms with E-state index in [9.17, 15) is 0 Å². The van der Waals surface area contributed by atoms with Gasteiger partial charge in [0.2, 0.25) is 0 Å². The Morgan fingerprint density at radius 1 is 1.14 bits per heavy atom. The molecule has 2 nitrogen and oxygen atoms in total. The van der Waals surface area contributed by atoms with Gasteiger partial charge in [-0.2, -0.15) is 0 Å². The van der Waals surface area contributed by atoms with Gasteiger partial charge in [0.05, 0.1) is 0 Å². The Hall–Kier alpha value is 0.439. The molecule has 0 bridgehead atoms. The van der Waals surface area contributed by atoms with Crippen molar-refractivity contribution in [2.75, 3.05) is 25.2 Å². The van der Waals surface area contributed by atoms with Crippen LogP contribution in [0.5, 0.6) is 0 Å². The van der Waals surface area contributed by atoms with Gasteiger partial charge in [-0.3, -0.25) is 0 Å². The summed E-state index contributed by atoms with van der Waals surface area (Å²) in [6.07, 6.45) is 0. The second-order valence-corrected chi connectivity index (χ2v) is 2.86. The van der Waals surface area contributed by atoms with Gasteiger partial charge in [0.25, 0.3) is 0 Å². The van der Waals surface area contributed by atoms with Crippen LogP contribution in [0.4, 0.5) is 0 Å². The van der Waals surface area contributed by atoms with Gasteiger partial charge in [-0.25, -0.2) is 0 Å². The summed E-state index contributed by atoms with van der Waals surface area (Å²) in [4.78, 5) is 0. The van der Waals surface area contributed by atoms with Crippen molar-refractivity contribution < 1.29 is 9.47 Å². The van der Waals surface area contributed by atoms with Gasteiger partial charge in [0, 0.05) is 0 Å². The summed E-state index contributed by atoms with van der Waals surface area (Å²) in [7, 11) is 3.41. The van der Waals surface area contributed by atoms with E-state index in [2.05, 4.69) is 0 Å². The van der Waals surface area contributed by atoms with Crippen molar-refractivity contribution in [1.29, 1.82) is 0 Å². The van der Waals surface area contributed by atoms with Crippen LogP contribution in [0.2, 0.25) is 0 Å². The SMILES string of the molecule is COC[Se]COC. The first kappa shape index (κ1) is 7.44. The molecule has 0 aliphatic rings. The Morgan fingerprint density at radius 2 is 1.57 bits per heavy atom. The monoisotopic (exact) mass is 170 g/mol. The zero-order valence-corrected chi connectivity index (χ0v) is 6.35. The van der Waals surface area contributed by atoms with Gasteiger partial charge in [-0.05, 0) is 0 Å². The van der Waals surface area contributed by atoms with E-state index >= 15 is 0 Å². The van der Waals surface area contributed by atoms with E-state index in [1.54, 1.807) is 14.2 Å². The molecule has 0 unspecified atom stereocenters. The second-order valence-electron chi connectivity index (χ2n) is 1.02. The summed E-state index contributed by atoms with van der Waals surface area (Å²) in [6.45, 7) is 0. The summed E-state index contributed by atoms with van der Waals surface area (Å²) in [5.74, 6) is 0. The summed E-state index contributed by atoms with van der Waals surface area (Å²) in [5, 5.41) is 0.